The minimum absolute atomic E-state index is 0.0556. The summed E-state index contributed by atoms with van der Waals surface area (Å²) in [6.45, 7) is 8.50. The van der Waals surface area contributed by atoms with E-state index in [2.05, 4.69) is 17.1 Å². The summed E-state index contributed by atoms with van der Waals surface area (Å²) in [4.78, 5) is 2.55. The SMILES string of the molecule is CCCN(CCOC1CCCCO1)CC1CCCCN1. The van der Waals surface area contributed by atoms with Crippen LogP contribution < -0.4 is 5.32 Å². The minimum Gasteiger partial charge on any atom is -0.353 e. The van der Waals surface area contributed by atoms with E-state index in [-0.39, 0.29) is 6.29 Å². The number of rotatable bonds is 8. The van der Waals surface area contributed by atoms with Crippen LogP contribution >= 0.6 is 0 Å². The number of hydrogen-bond acceptors (Lipinski definition) is 4. The number of ether oxygens (including phenoxy) is 2. The van der Waals surface area contributed by atoms with Crippen LogP contribution in [0.25, 0.3) is 0 Å². The summed E-state index contributed by atoms with van der Waals surface area (Å²) < 4.78 is 11.5. The van der Waals surface area contributed by atoms with E-state index in [4.69, 9.17) is 9.47 Å². The van der Waals surface area contributed by atoms with Gasteiger partial charge in [0.2, 0.25) is 0 Å². The van der Waals surface area contributed by atoms with Crippen LogP contribution in [0.5, 0.6) is 0 Å². The zero-order valence-corrected chi connectivity index (χ0v) is 13.1. The molecule has 2 heterocycles. The van der Waals surface area contributed by atoms with Gasteiger partial charge in [-0.15, -0.1) is 0 Å². The highest BCUT2D eigenvalue weighted by atomic mass is 16.7. The maximum atomic E-state index is 5.86. The third kappa shape index (κ3) is 6.08. The van der Waals surface area contributed by atoms with Crippen molar-refractivity contribution < 1.29 is 9.47 Å². The third-order valence-corrected chi connectivity index (χ3v) is 4.28. The van der Waals surface area contributed by atoms with Crippen LogP contribution in [0, 0.1) is 0 Å². The van der Waals surface area contributed by atoms with Crippen LogP contribution in [-0.2, 0) is 9.47 Å². The Morgan fingerprint density at radius 1 is 1.15 bits per heavy atom. The van der Waals surface area contributed by atoms with Crippen LogP contribution in [0.1, 0.15) is 51.9 Å². The molecule has 0 aromatic rings. The van der Waals surface area contributed by atoms with Gasteiger partial charge >= 0.3 is 0 Å². The predicted molar refractivity (Wildman–Crippen MR) is 81.9 cm³/mol. The molecule has 2 fully saturated rings. The Labute approximate surface area is 124 Å². The first kappa shape index (κ1) is 16.2. The van der Waals surface area contributed by atoms with Gasteiger partial charge in [-0.05, 0) is 51.6 Å². The molecule has 2 aliphatic heterocycles. The molecule has 1 N–H and O–H groups in total. The lowest BCUT2D eigenvalue weighted by Gasteiger charge is -2.31. The standard InChI is InChI=1S/C16H32N2O2/c1-2-10-18(14-15-7-3-5-9-17-15)11-13-20-16-8-4-6-12-19-16/h15-17H,2-14H2,1H3. The van der Waals surface area contributed by atoms with E-state index in [1.54, 1.807) is 0 Å². The van der Waals surface area contributed by atoms with Gasteiger partial charge in [-0.25, -0.2) is 0 Å². The van der Waals surface area contributed by atoms with Gasteiger partial charge in [-0.3, -0.25) is 4.90 Å². The van der Waals surface area contributed by atoms with Crippen molar-refractivity contribution in [3.63, 3.8) is 0 Å². The van der Waals surface area contributed by atoms with Crippen LogP contribution in [0.2, 0.25) is 0 Å². The van der Waals surface area contributed by atoms with E-state index in [1.807, 2.05) is 0 Å². The summed E-state index contributed by atoms with van der Waals surface area (Å²) in [7, 11) is 0. The zero-order chi connectivity index (χ0) is 14.0. The molecule has 20 heavy (non-hydrogen) atoms. The average molecular weight is 284 g/mol. The summed E-state index contributed by atoms with van der Waals surface area (Å²) in [6.07, 6.45) is 8.82. The molecule has 0 aliphatic carbocycles. The number of piperidine rings is 1. The maximum Gasteiger partial charge on any atom is 0.157 e. The lowest BCUT2D eigenvalue weighted by atomic mass is 10.0. The molecule has 2 aliphatic rings. The summed E-state index contributed by atoms with van der Waals surface area (Å²) in [6, 6.07) is 0.682. The second kappa shape index (κ2) is 9.72. The van der Waals surface area contributed by atoms with Gasteiger partial charge in [-0.1, -0.05) is 13.3 Å². The molecule has 118 valence electrons. The lowest BCUT2D eigenvalue weighted by molar-refractivity contribution is -0.164. The fraction of sp³-hybridized carbons (Fsp3) is 1.00. The van der Waals surface area contributed by atoms with Gasteiger partial charge in [0.1, 0.15) is 0 Å². The van der Waals surface area contributed by atoms with Gasteiger partial charge in [-0.2, -0.15) is 0 Å². The number of nitrogens with one attached hydrogen (secondary N) is 1. The van der Waals surface area contributed by atoms with E-state index >= 15 is 0 Å². The van der Waals surface area contributed by atoms with Crippen molar-refractivity contribution in [1.82, 2.24) is 10.2 Å². The van der Waals surface area contributed by atoms with Crippen LogP contribution in [0.15, 0.2) is 0 Å². The van der Waals surface area contributed by atoms with Gasteiger partial charge < -0.3 is 14.8 Å². The largest absolute Gasteiger partial charge is 0.353 e. The van der Waals surface area contributed by atoms with Crippen LogP contribution in [0.3, 0.4) is 0 Å². The Balaban J connectivity index is 1.62. The second-order valence-corrected chi connectivity index (χ2v) is 6.11. The van der Waals surface area contributed by atoms with Gasteiger partial charge in [0.05, 0.1) is 6.61 Å². The molecule has 2 atom stereocenters. The highest BCUT2D eigenvalue weighted by Crippen LogP contribution is 2.14. The summed E-state index contributed by atoms with van der Waals surface area (Å²) in [5, 5.41) is 3.64. The summed E-state index contributed by atoms with van der Waals surface area (Å²) >= 11 is 0. The fourth-order valence-corrected chi connectivity index (χ4v) is 3.16. The van der Waals surface area contributed by atoms with Crippen molar-refractivity contribution in [3.05, 3.63) is 0 Å². The molecule has 2 unspecified atom stereocenters. The van der Waals surface area contributed by atoms with Gasteiger partial charge in [0.15, 0.2) is 6.29 Å². The normalized spacial score (nSPS) is 27.9. The molecule has 0 spiro atoms. The van der Waals surface area contributed by atoms with E-state index in [9.17, 15) is 0 Å². The first-order valence-corrected chi connectivity index (χ1v) is 8.57. The van der Waals surface area contributed by atoms with Gasteiger partial charge in [0.25, 0.3) is 0 Å². The first-order valence-electron chi connectivity index (χ1n) is 8.57. The summed E-state index contributed by atoms with van der Waals surface area (Å²) in [5.74, 6) is 0. The second-order valence-electron chi connectivity index (χ2n) is 6.11. The Morgan fingerprint density at radius 3 is 2.75 bits per heavy atom. The van der Waals surface area contributed by atoms with Crippen LogP contribution in [-0.4, -0.2) is 56.6 Å². The number of hydrogen-bond donors (Lipinski definition) is 1. The molecule has 0 saturated carbocycles. The molecule has 0 amide bonds. The first-order chi connectivity index (χ1) is 9.88. The summed E-state index contributed by atoms with van der Waals surface area (Å²) in [5.41, 5.74) is 0. The highest BCUT2D eigenvalue weighted by Gasteiger charge is 2.17. The highest BCUT2D eigenvalue weighted by molar-refractivity contribution is 4.76. The van der Waals surface area contributed by atoms with Crippen molar-refractivity contribution in [2.75, 3.05) is 39.4 Å². The van der Waals surface area contributed by atoms with E-state index in [0.717, 1.165) is 26.2 Å². The molecule has 0 aromatic heterocycles. The zero-order valence-electron chi connectivity index (χ0n) is 13.1. The van der Waals surface area contributed by atoms with E-state index in [0.29, 0.717) is 6.04 Å². The molecule has 0 aromatic carbocycles. The molecule has 2 rings (SSSR count). The van der Waals surface area contributed by atoms with Crippen molar-refractivity contribution >= 4 is 0 Å². The molecular formula is C16H32N2O2. The lowest BCUT2D eigenvalue weighted by Crippen LogP contribution is -2.45. The molecule has 4 nitrogen and oxygen atoms in total. The average Bonchev–Trinajstić information content (AvgIpc) is 2.49. The third-order valence-electron chi connectivity index (χ3n) is 4.28. The maximum absolute atomic E-state index is 5.86. The Bertz CT molecular complexity index is 239. The van der Waals surface area contributed by atoms with Crippen molar-refractivity contribution in [2.24, 2.45) is 0 Å². The van der Waals surface area contributed by atoms with E-state index < -0.39 is 0 Å². The fourth-order valence-electron chi connectivity index (χ4n) is 3.16. The Morgan fingerprint density at radius 2 is 2.05 bits per heavy atom. The van der Waals surface area contributed by atoms with Gasteiger partial charge in [0, 0.05) is 25.7 Å². The predicted octanol–water partition coefficient (Wildman–Crippen LogP) is 2.38. The molecule has 0 bridgehead atoms. The molecule has 2 saturated heterocycles. The minimum atomic E-state index is 0.0556. The van der Waals surface area contributed by atoms with Crippen LogP contribution in [0.4, 0.5) is 0 Å². The number of nitrogens with zero attached hydrogens (tertiary/aromatic N) is 1. The Kier molecular flexibility index (Phi) is 7.88. The van der Waals surface area contributed by atoms with Crippen molar-refractivity contribution in [3.8, 4) is 0 Å². The smallest absolute Gasteiger partial charge is 0.157 e. The van der Waals surface area contributed by atoms with Crippen molar-refractivity contribution in [2.45, 2.75) is 64.2 Å². The molecule has 0 radical (unpaired) electrons. The topological polar surface area (TPSA) is 33.7 Å². The Hall–Kier alpha value is -0.160. The molecule has 4 heteroatoms. The van der Waals surface area contributed by atoms with E-state index in [1.165, 1.54) is 58.2 Å². The molecular weight excluding hydrogens is 252 g/mol. The quantitative estimate of drug-likeness (QED) is 0.742. The monoisotopic (exact) mass is 284 g/mol. The van der Waals surface area contributed by atoms with Crippen molar-refractivity contribution in [1.29, 1.82) is 0 Å².